The molecule has 0 spiro atoms. The molecule has 0 bridgehead atoms. The molecule has 0 aliphatic heterocycles. The Hall–Kier alpha value is -0.860. The smallest absolute Gasteiger partial charge is 0.0713 e. The van der Waals surface area contributed by atoms with Crippen molar-refractivity contribution in [2.24, 2.45) is 5.73 Å². The molecular formula is C14H21NO. The zero-order valence-electron chi connectivity index (χ0n) is 10.0. The largest absolute Gasteiger partial charge is 0.380 e. The first-order valence-electron chi connectivity index (χ1n) is 6.16. The molecule has 1 aromatic carbocycles. The third-order valence-corrected chi connectivity index (χ3v) is 3.53. The summed E-state index contributed by atoms with van der Waals surface area (Å²) in [5, 5.41) is 0. The fourth-order valence-electron chi connectivity index (χ4n) is 2.73. The topological polar surface area (TPSA) is 35.2 Å². The third kappa shape index (κ3) is 2.45. The average Bonchev–Trinajstić information content (AvgIpc) is 2.83. The van der Waals surface area contributed by atoms with Gasteiger partial charge in [0.25, 0.3) is 0 Å². The van der Waals surface area contributed by atoms with Gasteiger partial charge >= 0.3 is 0 Å². The van der Waals surface area contributed by atoms with Crippen molar-refractivity contribution in [1.29, 1.82) is 0 Å². The highest BCUT2D eigenvalue weighted by Gasteiger charge is 2.19. The molecule has 1 fully saturated rings. The molecule has 2 N–H and O–H groups in total. The van der Waals surface area contributed by atoms with Gasteiger partial charge in [0.1, 0.15) is 0 Å². The number of ether oxygens (including phenoxy) is 1. The molecule has 2 nitrogen and oxygen atoms in total. The first-order chi connectivity index (χ1) is 7.85. The van der Waals surface area contributed by atoms with E-state index in [0.717, 1.165) is 5.92 Å². The molecule has 1 saturated carbocycles. The van der Waals surface area contributed by atoms with Crippen LogP contribution in [0.4, 0.5) is 0 Å². The van der Waals surface area contributed by atoms with Crippen LogP contribution in [0, 0.1) is 0 Å². The van der Waals surface area contributed by atoms with Gasteiger partial charge in [-0.25, -0.2) is 0 Å². The predicted octanol–water partition coefficient (Wildman–Crippen LogP) is 2.95. The first-order valence-corrected chi connectivity index (χ1v) is 6.16. The van der Waals surface area contributed by atoms with Gasteiger partial charge in [0.05, 0.1) is 6.61 Å². The molecule has 1 aromatic rings. The van der Waals surface area contributed by atoms with Gasteiger partial charge in [-0.05, 0) is 35.4 Å². The number of rotatable bonds is 4. The number of benzene rings is 1. The summed E-state index contributed by atoms with van der Waals surface area (Å²) >= 11 is 0. The Bertz CT molecular complexity index is 343. The van der Waals surface area contributed by atoms with Crippen LogP contribution in [0.3, 0.4) is 0 Å². The fourth-order valence-corrected chi connectivity index (χ4v) is 2.73. The number of nitrogens with two attached hydrogens (primary N) is 1. The van der Waals surface area contributed by atoms with Crippen LogP contribution in [-0.2, 0) is 17.9 Å². The van der Waals surface area contributed by atoms with E-state index in [1.54, 1.807) is 7.11 Å². The van der Waals surface area contributed by atoms with Crippen LogP contribution in [0.1, 0.15) is 48.3 Å². The predicted molar refractivity (Wildman–Crippen MR) is 66.3 cm³/mol. The number of hydrogen-bond acceptors (Lipinski definition) is 2. The molecule has 88 valence electrons. The van der Waals surface area contributed by atoms with Crippen molar-refractivity contribution in [2.75, 3.05) is 7.11 Å². The SMILES string of the molecule is COCc1ccc(C2CCCC2)c(CN)c1. The van der Waals surface area contributed by atoms with Gasteiger partial charge in [-0.1, -0.05) is 31.0 Å². The summed E-state index contributed by atoms with van der Waals surface area (Å²) < 4.78 is 5.15. The summed E-state index contributed by atoms with van der Waals surface area (Å²) in [6.45, 7) is 1.32. The first kappa shape index (κ1) is 11.6. The third-order valence-electron chi connectivity index (χ3n) is 3.53. The molecule has 0 amide bonds. The molecule has 0 atom stereocenters. The van der Waals surface area contributed by atoms with E-state index >= 15 is 0 Å². The number of hydrogen-bond donors (Lipinski definition) is 1. The summed E-state index contributed by atoms with van der Waals surface area (Å²) in [5.74, 6) is 0.746. The van der Waals surface area contributed by atoms with E-state index in [1.807, 2.05) is 0 Å². The average molecular weight is 219 g/mol. The fraction of sp³-hybridized carbons (Fsp3) is 0.571. The van der Waals surface area contributed by atoms with Crippen molar-refractivity contribution < 1.29 is 4.74 Å². The zero-order chi connectivity index (χ0) is 11.4. The molecule has 16 heavy (non-hydrogen) atoms. The molecular weight excluding hydrogens is 198 g/mol. The second-order valence-electron chi connectivity index (χ2n) is 4.65. The Morgan fingerprint density at radius 2 is 2.06 bits per heavy atom. The van der Waals surface area contributed by atoms with Crippen LogP contribution in [-0.4, -0.2) is 7.11 Å². The highest BCUT2D eigenvalue weighted by atomic mass is 16.5. The van der Waals surface area contributed by atoms with Crippen LogP contribution < -0.4 is 5.73 Å². The van der Waals surface area contributed by atoms with Crippen molar-refractivity contribution in [3.05, 3.63) is 34.9 Å². The Labute approximate surface area is 97.8 Å². The van der Waals surface area contributed by atoms with Gasteiger partial charge in [0, 0.05) is 13.7 Å². The lowest BCUT2D eigenvalue weighted by Crippen LogP contribution is -2.05. The minimum atomic E-state index is 0.642. The minimum Gasteiger partial charge on any atom is -0.380 e. The van der Waals surface area contributed by atoms with E-state index in [9.17, 15) is 0 Å². The van der Waals surface area contributed by atoms with Gasteiger partial charge in [0.2, 0.25) is 0 Å². The van der Waals surface area contributed by atoms with E-state index in [4.69, 9.17) is 10.5 Å². The molecule has 2 heteroatoms. The zero-order valence-corrected chi connectivity index (χ0v) is 10.0. The summed E-state index contributed by atoms with van der Waals surface area (Å²) in [6, 6.07) is 6.64. The molecule has 0 unspecified atom stereocenters. The molecule has 0 aromatic heterocycles. The summed E-state index contributed by atoms with van der Waals surface area (Å²) in [7, 11) is 1.73. The molecule has 0 radical (unpaired) electrons. The van der Waals surface area contributed by atoms with Crippen molar-refractivity contribution >= 4 is 0 Å². The second-order valence-corrected chi connectivity index (χ2v) is 4.65. The van der Waals surface area contributed by atoms with Gasteiger partial charge in [-0.2, -0.15) is 0 Å². The van der Waals surface area contributed by atoms with Crippen LogP contribution in [0.15, 0.2) is 18.2 Å². The van der Waals surface area contributed by atoms with Crippen molar-refractivity contribution in [2.45, 2.75) is 44.8 Å². The molecule has 2 rings (SSSR count). The Kier molecular flexibility index (Phi) is 3.97. The highest BCUT2D eigenvalue weighted by molar-refractivity contribution is 5.34. The lowest BCUT2D eigenvalue weighted by Gasteiger charge is -2.15. The molecule has 1 aliphatic carbocycles. The van der Waals surface area contributed by atoms with E-state index in [0.29, 0.717) is 13.2 Å². The van der Waals surface area contributed by atoms with Gasteiger partial charge in [0.15, 0.2) is 0 Å². The van der Waals surface area contributed by atoms with Crippen LogP contribution >= 0.6 is 0 Å². The van der Waals surface area contributed by atoms with Crippen LogP contribution in [0.2, 0.25) is 0 Å². The Morgan fingerprint density at radius 3 is 2.69 bits per heavy atom. The summed E-state index contributed by atoms with van der Waals surface area (Å²) in [6.07, 6.45) is 5.40. The van der Waals surface area contributed by atoms with Gasteiger partial charge in [-0.15, -0.1) is 0 Å². The summed E-state index contributed by atoms with van der Waals surface area (Å²) in [5.41, 5.74) is 9.85. The lowest BCUT2D eigenvalue weighted by atomic mass is 9.91. The summed E-state index contributed by atoms with van der Waals surface area (Å²) in [4.78, 5) is 0. The van der Waals surface area contributed by atoms with Crippen molar-refractivity contribution in [3.63, 3.8) is 0 Å². The van der Waals surface area contributed by atoms with Crippen LogP contribution in [0.5, 0.6) is 0 Å². The van der Waals surface area contributed by atoms with E-state index in [2.05, 4.69) is 18.2 Å². The maximum atomic E-state index is 5.84. The molecule has 0 heterocycles. The maximum Gasteiger partial charge on any atom is 0.0713 e. The Morgan fingerprint density at radius 1 is 1.31 bits per heavy atom. The Balaban J connectivity index is 2.23. The van der Waals surface area contributed by atoms with Crippen molar-refractivity contribution in [3.8, 4) is 0 Å². The monoisotopic (exact) mass is 219 g/mol. The van der Waals surface area contributed by atoms with Crippen LogP contribution in [0.25, 0.3) is 0 Å². The molecule has 0 saturated heterocycles. The highest BCUT2D eigenvalue weighted by Crippen LogP contribution is 2.36. The normalized spacial score (nSPS) is 16.9. The van der Waals surface area contributed by atoms with Crippen molar-refractivity contribution in [1.82, 2.24) is 0 Å². The van der Waals surface area contributed by atoms with Gasteiger partial charge < -0.3 is 10.5 Å². The second kappa shape index (κ2) is 5.46. The maximum absolute atomic E-state index is 5.84. The standard InChI is InChI=1S/C14H21NO/c1-16-10-11-6-7-14(13(8-11)9-15)12-4-2-3-5-12/h6-8,12H,2-5,9-10,15H2,1H3. The number of methoxy groups -OCH3 is 1. The quantitative estimate of drug-likeness (QED) is 0.845. The lowest BCUT2D eigenvalue weighted by molar-refractivity contribution is 0.185. The minimum absolute atomic E-state index is 0.642. The van der Waals surface area contributed by atoms with E-state index in [-0.39, 0.29) is 0 Å². The van der Waals surface area contributed by atoms with Gasteiger partial charge in [-0.3, -0.25) is 0 Å². The molecule has 1 aliphatic rings. The van der Waals surface area contributed by atoms with E-state index < -0.39 is 0 Å². The van der Waals surface area contributed by atoms with E-state index in [1.165, 1.54) is 42.4 Å².